The number of carboxylic acid groups (broad SMARTS) is 1. The van der Waals surface area contributed by atoms with Crippen LogP contribution in [0.3, 0.4) is 0 Å². The molecule has 0 aromatic heterocycles. The van der Waals surface area contributed by atoms with E-state index < -0.39 is 5.97 Å². The number of rotatable bonds is 4. The first kappa shape index (κ1) is 11.2. The van der Waals surface area contributed by atoms with Gasteiger partial charge in [-0.3, -0.25) is 0 Å². The maximum atomic E-state index is 10.9. The average molecular weight is 257 g/mol. The number of hydrogen-bond acceptors (Lipinski definition) is 1. The maximum absolute atomic E-state index is 10.9. The maximum Gasteiger partial charge on any atom is 0.335 e. The monoisotopic (exact) mass is 256 g/mol. The molecule has 1 N–H and O–H groups in total. The van der Waals surface area contributed by atoms with Gasteiger partial charge in [-0.2, -0.15) is 0 Å². The van der Waals surface area contributed by atoms with E-state index in [-0.39, 0.29) is 0 Å². The molecule has 0 aliphatic carbocycles. The van der Waals surface area contributed by atoms with E-state index in [9.17, 15) is 4.79 Å². The summed E-state index contributed by atoms with van der Waals surface area (Å²) >= 11 is 3.34. The summed E-state index contributed by atoms with van der Waals surface area (Å²) in [6, 6.07) is 5.59. The van der Waals surface area contributed by atoms with E-state index in [1.54, 1.807) is 6.07 Å². The number of aromatic carboxylic acids is 1. The van der Waals surface area contributed by atoms with Crippen molar-refractivity contribution in [2.75, 3.05) is 5.33 Å². The third-order valence-electron chi connectivity index (χ3n) is 2.08. The molecule has 0 aliphatic rings. The molecule has 3 heteroatoms. The minimum Gasteiger partial charge on any atom is -0.478 e. The molecule has 0 spiro atoms. The van der Waals surface area contributed by atoms with Crippen LogP contribution in [0.15, 0.2) is 18.2 Å². The number of carbonyl (C=O) groups is 1. The van der Waals surface area contributed by atoms with Crippen LogP contribution in [0, 0.1) is 6.92 Å². The molecular formula is C11H13BrO2. The van der Waals surface area contributed by atoms with Gasteiger partial charge in [0.1, 0.15) is 0 Å². The van der Waals surface area contributed by atoms with E-state index in [1.807, 2.05) is 19.1 Å². The minimum atomic E-state index is -0.835. The van der Waals surface area contributed by atoms with Crippen LogP contribution in [0.4, 0.5) is 0 Å². The van der Waals surface area contributed by atoms with Crippen molar-refractivity contribution in [2.24, 2.45) is 0 Å². The van der Waals surface area contributed by atoms with Gasteiger partial charge in [-0.15, -0.1) is 0 Å². The molecule has 0 atom stereocenters. The normalized spacial score (nSPS) is 10.1. The molecule has 0 unspecified atom stereocenters. The molecular weight excluding hydrogens is 244 g/mol. The number of benzene rings is 1. The molecule has 0 heterocycles. The molecule has 0 radical (unpaired) electrons. The first-order valence-corrected chi connectivity index (χ1v) is 5.66. The fourth-order valence-electron chi connectivity index (χ4n) is 1.36. The third kappa shape index (κ3) is 2.84. The predicted octanol–water partition coefficient (Wildman–Crippen LogP) is 3.02. The van der Waals surface area contributed by atoms with E-state index in [0.29, 0.717) is 5.56 Å². The van der Waals surface area contributed by atoms with Gasteiger partial charge in [0, 0.05) is 5.33 Å². The highest BCUT2D eigenvalue weighted by atomic mass is 79.9. The molecule has 0 fully saturated rings. The van der Waals surface area contributed by atoms with Crippen molar-refractivity contribution >= 4 is 21.9 Å². The molecule has 0 amide bonds. The van der Waals surface area contributed by atoms with Gasteiger partial charge in [-0.25, -0.2) is 4.79 Å². The molecule has 1 aromatic carbocycles. The first-order chi connectivity index (χ1) is 6.65. The fraction of sp³-hybridized carbons (Fsp3) is 0.364. The van der Waals surface area contributed by atoms with Crippen molar-refractivity contribution in [1.82, 2.24) is 0 Å². The van der Waals surface area contributed by atoms with Crippen molar-refractivity contribution < 1.29 is 9.90 Å². The van der Waals surface area contributed by atoms with E-state index in [1.165, 1.54) is 0 Å². The van der Waals surface area contributed by atoms with Crippen LogP contribution < -0.4 is 0 Å². The molecule has 76 valence electrons. The number of alkyl halides is 1. The molecule has 2 nitrogen and oxygen atoms in total. The predicted molar refractivity (Wildman–Crippen MR) is 60.3 cm³/mol. The van der Waals surface area contributed by atoms with Gasteiger partial charge < -0.3 is 5.11 Å². The standard InChI is InChI=1S/C11H13BrO2/c1-8-4-5-9(3-2-6-12)10(7-8)11(13)14/h4-5,7H,2-3,6H2,1H3,(H,13,14). The quantitative estimate of drug-likeness (QED) is 0.842. The number of carboxylic acids is 1. The van der Waals surface area contributed by atoms with E-state index in [4.69, 9.17) is 5.11 Å². The Kier molecular flexibility index (Phi) is 4.14. The second-order valence-corrected chi connectivity index (χ2v) is 4.05. The summed E-state index contributed by atoms with van der Waals surface area (Å²) in [6.45, 7) is 1.90. The SMILES string of the molecule is Cc1ccc(CCCBr)c(C(=O)O)c1. The van der Waals surface area contributed by atoms with Crippen LogP contribution >= 0.6 is 15.9 Å². The summed E-state index contributed by atoms with van der Waals surface area (Å²) in [4.78, 5) is 10.9. The summed E-state index contributed by atoms with van der Waals surface area (Å²) in [5, 5.41) is 9.88. The van der Waals surface area contributed by atoms with Gasteiger partial charge >= 0.3 is 5.97 Å². The van der Waals surface area contributed by atoms with Crippen molar-refractivity contribution in [3.8, 4) is 0 Å². The molecule has 0 saturated carbocycles. The van der Waals surface area contributed by atoms with Crippen LogP contribution in [0.1, 0.15) is 27.9 Å². The summed E-state index contributed by atoms with van der Waals surface area (Å²) < 4.78 is 0. The van der Waals surface area contributed by atoms with Crippen LogP contribution in [0.5, 0.6) is 0 Å². The Morgan fingerprint density at radius 3 is 2.79 bits per heavy atom. The minimum absolute atomic E-state index is 0.436. The zero-order valence-corrected chi connectivity index (χ0v) is 9.67. The summed E-state index contributed by atoms with van der Waals surface area (Å²) in [6.07, 6.45) is 1.77. The zero-order chi connectivity index (χ0) is 10.6. The van der Waals surface area contributed by atoms with Crippen LogP contribution in [-0.2, 0) is 6.42 Å². The van der Waals surface area contributed by atoms with Crippen LogP contribution in [-0.4, -0.2) is 16.4 Å². The molecule has 1 aromatic rings. The number of hydrogen-bond donors (Lipinski definition) is 1. The average Bonchev–Trinajstić information content (AvgIpc) is 2.15. The summed E-state index contributed by atoms with van der Waals surface area (Å²) in [5.74, 6) is -0.835. The Labute approximate surface area is 92.1 Å². The van der Waals surface area contributed by atoms with Crippen LogP contribution in [0.25, 0.3) is 0 Å². The molecule has 1 rings (SSSR count). The van der Waals surface area contributed by atoms with E-state index in [2.05, 4.69) is 15.9 Å². The number of halogens is 1. The third-order valence-corrected chi connectivity index (χ3v) is 2.64. The van der Waals surface area contributed by atoms with Crippen molar-refractivity contribution in [3.63, 3.8) is 0 Å². The lowest BCUT2D eigenvalue weighted by atomic mass is 10.0. The Balaban J connectivity index is 2.96. The van der Waals surface area contributed by atoms with Gasteiger partial charge in [0.05, 0.1) is 5.56 Å². The Morgan fingerprint density at radius 1 is 1.50 bits per heavy atom. The highest BCUT2D eigenvalue weighted by Gasteiger charge is 2.09. The topological polar surface area (TPSA) is 37.3 Å². The largest absolute Gasteiger partial charge is 0.478 e. The van der Waals surface area contributed by atoms with E-state index in [0.717, 1.165) is 29.3 Å². The van der Waals surface area contributed by atoms with Crippen LogP contribution in [0.2, 0.25) is 0 Å². The molecule has 14 heavy (non-hydrogen) atoms. The van der Waals surface area contributed by atoms with Crippen molar-refractivity contribution in [3.05, 3.63) is 34.9 Å². The zero-order valence-electron chi connectivity index (χ0n) is 8.09. The van der Waals surface area contributed by atoms with Crippen molar-refractivity contribution in [2.45, 2.75) is 19.8 Å². The lowest BCUT2D eigenvalue weighted by molar-refractivity contribution is 0.0695. The summed E-state index contributed by atoms with van der Waals surface area (Å²) in [5.41, 5.74) is 2.35. The second kappa shape index (κ2) is 5.15. The van der Waals surface area contributed by atoms with Crippen molar-refractivity contribution in [1.29, 1.82) is 0 Å². The Hall–Kier alpha value is -0.830. The number of aryl methyl sites for hydroxylation is 2. The molecule has 0 saturated heterocycles. The highest BCUT2D eigenvalue weighted by molar-refractivity contribution is 9.09. The van der Waals surface area contributed by atoms with Gasteiger partial charge in [-0.1, -0.05) is 33.6 Å². The van der Waals surface area contributed by atoms with Gasteiger partial charge in [0.2, 0.25) is 0 Å². The highest BCUT2D eigenvalue weighted by Crippen LogP contribution is 2.14. The Bertz CT molecular complexity index is 334. The lowest BCUT2D eigenvalue weighted by Crippen LogP contribution is -2.03. The lowest BCUT2D eigenvalue weighted by Gasteiger charge is -2.05. The Morgan fingerprint density at radius 2 is 2.21 bits per heavy atom. The summed E-state index contributed by atoms with van der Waals surface area (Å²) in [7, 11) is 0. The second-order valence-electron chi connectivity index (χ2n) is 3.26. The molecule has 0 bridgehead atoms. The molecule has 0 aliphatic heterocycles. The van der Waals surface area contributed by atoms with Gasteiger partial charge in [0.15, 0.2) is 0 Å². The van der Waals surface area contributed by atoms with Gasteiger partial charge in [-0.05, 0) is 31.4 Å². The van der Waals surface area contributed by atoms with Gasteiger partial charge in [0.25, 0.3) is 0 Å². The smallest absolute Gasteiger partial charge is 0.335 e. The first-order valence-electron chi connectivity index (χ1n) is 4.54. The van der Waals surface area contributed by atoms with E-state index >= 15 is 0 Å². The fourth-order valence-corrected chi connectivity index (χ4v) is 1.65.